The molecule has 1 amide bonds. The highest BCUT2D eigenvalue weighted by Crippen LogP contribution is 2.27. The minimum Gasteiger partial charge on any atom is -0.438 e. The minimum absolute atomic E-state index is 0.0168. The number of benzene rings is 2. The Morgan fingerprint density at radius 3 is 2.33 bits per heavy atom. The van der Waals surface area contributed by atoms with Crippen LogP contribution >= 0.6 is 0 Å². The minimum atomic E-state index is -0.852. The molecule has 3 heterocycles. The van der Waals surface area contributed by atoms with E-state index >= 15 is 0 Å². The van der Waals surface area contributed by atoms with Crippen molar-refractivity contribution >= 4 is 23.3 Å². The molecule has 0 radical (unpaired) electrons. The maximum atomic E-state index is 13.7. The Hall–Kier alpha value is -5.69. The van der Waals surface area contributed by atoms with E-state index in [4.69, 9.17) is 4.74 Å². The van der Waals surface area contributed by atoms with Gasteiger partial charge in [-0.25, -0.2) is 4.68 Å². The molecule has 0 aliphatic carbocycles. The van der Waals surface area contributed by atoms with Crippen LogP contribution in [0, 0.1) is 39.0 Å². The Bertz CT molecular complexity index is 2040. The third kappa shape index (κ3) is 5.11. The van der Waals surface area contributed by atoms with E-state index < -0.39 is 22.6 Å². The van der Waals surface area contributed by atoms with Gasteiger partial charge in [-0.05, 0) is 80.8 Å². The van der Waals surface area contributed by atoms with Crippen molar-refractivity contribution in [2.45, 2.75) is 27.7 Å². The van der Waals surface area contributed by atoms with Crippen LogP contribution in [0.25, 0.3) is 17.4 Å². The highest BCUT2D eigenvalue weighted by molar-refractivity contribution is 6.10. The van der Waals surface area contributed by atoms with Crippen LogP contribution in [0.4, 0.5) is 5.69 Å². The highest BCUT2D eigenvalue weighted by atomic mass is 16.5. The zero-order valence-electron chi connectivity index (χ0n) is 23.8. The van der Waals surface area contributed by atoms with Crippen molar-refractivity contribution in [3.05, 3.63) is 121 Å². The summed E-state index contributed by atoms with van der Waals surface area (Å²) in [4.78, 5) is 44.9. The normalized spacial score (nSPS) is 11.4. The molecule has 0 atom stereocenters. The van der Waals surface area contributed by atoms with Gasteiger partial charge in [0.05, 0.1) is 11.4 Å². The van der Waals surface area contributed by atoms with Gasteiger partial charge in [0, 0.05) is 13.2 Å². The van der Waals surface area contributed by atoms with Crippen molar-refractivity contribution in [3.8, 4) is 23.4 Å². The van der Waals surface area contributed by atoms with Crippen molar-refractivity contribution in [1.82, 2.24) is 18.7 Å². The van der Waals surface area contributed by atoms with Gasteiger partial charge in [-0.1, -0.05) is 30.3 Å². The molecule has 10 heteroatoms. The molecule has 5 aromatic rings. The second kappa shape index (κ2) is 11.1. The fourth-order valence-electron chi connectivity index (χ4n) is 4.78. The van der Waals surface area contributed by atoms with Crippen LogP contribution in [-0.2, 0) is 11.8 Å². The number of anilines is 1. The van der Waals surface area contributed by atoms with Gasteiger partial charge >= 0.3 is 0 Å². The maximum Gasteiger partial charge on any atom is 0.295 e. The summed E-state index contributed by atoms with van der Waals surface area (Å²) in [6, 6.07) is 19.9. The van der Waals surface area contributed by atoms with Crippen LogP contribution in [0.3, 0.4) is 0 Å². The number of pyridine rings is 1. The number of nitrogens with one attached hydrogen (secondary N) is 1. The molecule has 2 aromatic carbocycles. The van der Waals surface area contributed by atoms with Crippen LogP contribution in [0.2, 0.25) is 0 Å². The molecule has 0 bridgehead atoms. The highest BCUT2D eigenvalue weighted by Gasteiger charge is 2.22. The lowest BCUT2D eigenvalue weighted by molar-refractivity contribution is -0.112. The SMILES string of the molecule is Cc1cc(C)cc(Oc2nc3c(C)cccn3c(=O)c2C=C(C#N)C(=O)Nc2c(C)n(C)n(-c3ccccc3)c2=O)c1. The quantitative estimate of drug-likeness (QED) is 0.236. The zero-order valence-corrected chi connectivity index (χ0v) is 23.8. The Balaban J connectivity index is 1.61. The van der Waals surface area contributed by atoms with E-state index in [-0.39, 0.29) is 17.1 Å². The molecule has 0 saturated heterocycles. The summed E-state index contributed by atoms with van der Waals surface area (Å²) in [6.45, 7) is 7.34. The van der Waals surface area contributed by atoms with Gasteiger partial charge in [0.15, 0.2) is 0 Å². The molecule has 0 spiro atoms. The van der Waals surface area contributed by atoms with Crippen molar-refractivity contribution in [1.29, 1.82) is 5.26 Å². The molecule has 0 aliphatic rings. The molecular formula is C32H28N6O4. The largest absolute Gasteiger partial charge is 0.438 e. The van der Waals surface area contributed by atoms with Crippen LogP contribution in [0.5, 0.6) is 11.6 Å². The number of ether oxygens (including phenoxy) is 1. The average Bonchev–Trinajstić information content (AvgIpc) is 3.16. The first-order chi connectivity index (χ1) is 20.1. The molecule has 0 unspecified atom stereocenters. The predicted octanol–water partition coefficient (Wildman–Crippen LogP) is 4.76. The number of carbonyl (C=O) groups excluding carboxylic acids is 1. The first-order valence-corrected chi connectivity index (χ1v) is 13.1. The summed E-state index contributed by atoms with van der Waals surface area (Å²) in [5, 5.41) is 12.6. The van der Waals surface area contributed by atoms with E-state index in [1.54, 1.807) is 67.3 Å². The van der Waals surface area contributed by atoms with E-state index in [0.717, 1.165) is 22.8 Å². The molecule has 3 aromatic heterocycles. The van der Waals surface area contributed by atoms with E-state index in [9.17, 15) is 19.6 Å². The third-order valence-electron chi connectivity index (χ3n) is 6.91. The monoisotopic (exact) mass is 560 g/mol. The Labute approximate surface area is 241 Å². The molecule has 5 rings (SSSR count). The van der Waals surface area contributed by atoms with E-state index in [0.29, 0.717) is 22.8 Å². The maximum absolute atomic E-state index is 13.7. The lowest BCUT2D eigenvalue weighted by atomic mass is 10.1. The average molecular weight is 561 g/mol. The van der Waals surface area contributed by atoms with Gasteiger partial charge in [-0.3, -0.25) is 23.5 Å². The number of nitrogens with zero attached hydrogens (tertiary/aromatic N) is 5. The number of carbonyl (C=O) groups is 1. The fraction of sp³-hybridized carbons (Fsp3) is 0.156. The topological polar surface area (TPSA) is 123 Å². The summed E-state index contributed by atoms with van der Waals surface area (Å²) in [5.74, 6) is -0.451. The van der Waals surface area contributed by atoms with Crippen LogP contribution in [-0.4, -0.2) is 24.7 Å². The second-order valence-electron chi connectivity index (χ2n) is 10.0. The molecule has 0 aliphatic heterocycles. The van der Waals surface area contributed by atoms with Crippen LogP contribution in [0.1, 0.15) is 27.9 Å². The molecular weight excluding hydrogens is 532 g/mol. The molecule has 0 saturated carbocycles. The number of rotatable bonds is 6. The van der Waals surface area contributed by atoms with Gasteiger partial charge in [0.2, 0.25) is 5.88 Å². The van der Waals surface area contributed by atoms with Gasteiger partial charge in [-0.2, -0.15) is 10.2 Å². The number of nitriles is 1. The second-order valence-corrected chi connectivity index (χ2v) is 10.0. The van der Waals surface area contributed by atoms with E-state index in [2.05, 4.69) is 10.3 Å². The zero-order chi connectivity index (χ0) is 30.1. The number of hydrogen-bond donors (Lipinski definition) is 1. The fourth-order valence-corrected chi connectivity index (χ4v) is 4.78. The summed E-state index contributed by atoms with van der Waals surface area (Å²) in [5.41, 5.74) is 2.66. The van der Waals surface area contributed by atoms with Crippen molar-refractivity contribution in [2.75, 3.05) is 5.32 Å². The molecule has 10 nitrogen and oxygen atoms in total. The van der Waals surface area contributed by atoms with Gasteiger partial charge in [0.25, 0.3) is 17.0 Å². The number of aromatic nitrogens is 4. The van der Waals surface area contributed by atoms with Crippen molar-refractivity contribution in [3.63, 3.8) is 0 Å². The lowest BCUT2D eigenvalue weighted by Gasteiger charge is -2.12. The third-order valence-corrected chi connectivity index (χ3v) is 6.91. The Morgan fingerprint density at radius 1 is 0.976 bits per heavy atom. The van der Waals surface area contributed by atoms with Crippen molar-refractivity contribution < 1.29 is 9.53 Å². The van der Waals surface area contributed by atoms with E-state index in [1.807, 2.05) is 45.0 Å². The molecule has 1 N–H and O–H groups in total. The first kappa shape index (κ1) is 27.9. The Morgan fingerprint density at radius 2 is 1.67 bits per heavy atom. The lowest BCUT2D eigenvalue weighted by Crippen LogP contribution is -2.24. The number of para-hydroxylation sites is 1. The standard InChI is InChI=1S/C32H28N6O4/c1-19-14-20(2)16-25(15-19)42-30-26(31(40)37-13-9-10-21(3)28(37)35-30)17-23(18-33)29(39)34-27-22(4)36(5)38(32(27)41)24-11-7-6-8-12-24/h6-17H,1-5H3,(H,34,39). The van der Waals surface area contributed by atoms with Crippen LogP contribution < -0.4 is 21.2 Å². The van der Waals surface area contributed by atoms with Gasteiger partial charge < -0.3 is 10.1 Å². The molecule has 210 valence electrons. The summed E-state index contributed by atoms with van der Waals surface area (Å²) in [6.07, 6.45) is 2.70. The van der Waals surface area contributed by atoms with Gasteiger partial charge in [0.1, 0.15) is 34.3 Å². The first-order valence-electron chi connectivity index (χ1n) is 13.1. The number of fused-ring (bicyclic) bond motifs is 1. The summed E-state index contributed by atoms with van der Waals surface area (Å²) < 4.78 is 10.5. The number of aryl methyl sites for hydroxylation is 3. The molecule has 0 fully saturated rings. The molecule has 42 heavy (non-hydrogen) atoms. The number of hydrogen-bond acceptors (Lipinski definition) is 6. The summed E-state index contributed by atoms with van der Waals surface area (Å²) in [7, 11) is 1.70. The number of amides is 1. The van der Waals surface area contributed by atoms with Crippen LogP contribution in [0.15, 0.2) is 82.0 Å². The smallest absolute Gasteiger partial charge is 0.295 e. The van der Waals surface area contributed by atoms with E-state index in [1.165, 1.54) is 9.08 Å². The predicted molar refractivity (Wildman–Crippen MR) is 160 cm³/mol. The van der Waals surface area contributed by atoms with Gasteiger partial charge in [-0.15, -0.1) is 0 Å². The van der Waals surface area contributed by atoms with Crippen molar-refractivity contribution in [2.24, 2.45) is 7.05 Å². The summed E-state index contributed by atoms with van der Waals surface area (Å²) >= 11 is 0. The Kier molecular flexibility index (Phi) is 7.34.